The molecular weight excluding hydrogens is 463 g/mol. The first-order valence-electron chi connectivity index (χ1n) is 10.8. The highest BCUT2D eigenvalue weighted by molar-refractivity contribution is 7.08. The van der Waals surface area contributed by atoms with Crippen molar-refractivity contribution in [3.8, 4) is 11.1 Å². The highest BCUT2D eigenvalue weighted by Crippen LogP contribution is 2.45. The van der Waals surface area contributed by atoms with E-state index >= 15 is 0 Å². The molecule has 8 heteroatoms. The van der Waals surface area contributed by atoms with E-state index in [-0.39, 0.29) is 23.6 Å². The number of benzene rings is 2. The van der Waals surface area contributed by atoms with Crippen molar-refractivity contribution in [1.82, 2.24) is 0 Å². The van der Waals surface area contributed by atoms with Crippen LogP contribution in [0.4, 0.5) is 18.9 Å². The lowest BCUT2D eigenvalue weighted by Crippen LogP contribution is -2.32. The predicted molar refractivity (Wildman–Crippen MR) is 124 cm³/mol. The number of hydrogen-bond donors (Lipinski definition) is 0. The van der Waals surface area contributed by atoms with Gasteiger partial charge in [0, 0.05) is 12.1 Å². The van der Waals surface area contributed by atoms with Crippen LogP contribution in [0.25, 0.3) is 11.1 Å². The summed E-state index contributed by atoms with van der Waals surface area (Å²) in [5, 5.41) is 3.86. The maximum atomic E-state index is 13.9. The van der Waals surface area contributed by atoms with E-state index in [2.05, 4.69) is 0 Å². The summed E-state index contributed by atoms with van der Waals surface area (Å²) >= 11 is 1.52. The van der Waals surface area contributed by atoms with Gasteiger partial charge in [-0.3, -0.25) is 19.3 Å². The molecule has 2 heterocycles. The fourth-order valence-corrected chi connectivity index (χ4v) is 5.04. The second-order valence-electron chi connectivity index (χ2n) is 8.67. The number of amides is 1. The molecule has 2 atom stereocenters. The van der Waals surface area contributed by atoms with Gasteiger partial charge in [0.05, 0.1) is 11.6 Å². The molecule has 1 aromatic heterocycles. The molecule has 2 aromatic carbocycles. The molecule has 0 N–H and O–H groups in total. The van der Waals surface area contributed by atoms with E-state index in [1.807, 2.05) is 16.8 Å². The number of ketones is 2. The van der Waals surface area contributed by atoms with Gasteiger partial charge >= 0.3 is 6.18 Å². The molecule has 2 unspecified atom stereocenters. The molecule has 3 aromatic rings. The number of thiophene rings is 1. The monoisotopic (exact) mass is 485 g/mol. The Morgan fingerprint density at radius 1 is 1.00 bits per heavy atom. The third-order valence-corrected chi connectivity index (χ3v) is 6.53. The molecule has 0 bridgehead atoms. The summed E-state index contributed by atoms with van der Waals surface area (Å²) in [6.07, 6.45) is -4.73. The number of carbonyl (C=O) groups is 3. The van der Waals surface area contributed by atoms with Gasteiger partial charge in [-0.25, -0.2) is 0 Å². The van der Waals surface area contributed by atoms with Crippen LogP contribution < -0.4 is 4.90 Å². The first kappa shape index (κ1) is 23.9. The van der Waals surface area contributed by atoms with Crippen LogP contribution in [0.5, 0.6) is 0 Å². The lowest BCUT2D eigenvalue weighted by molar-refractivity contribution is -0.140. The van der Waals surface area contributed by atoms with Crippen molar-refractivity contribution in [2.75, 3.05) is 4.90 Å². The van der Waals surface area contributed by atoms with E-state index < -0.39 is 41.2 Å². The lowest BCUT2D eigenvalue weighted by atomic mass is 9.84. The molecular formula is C26H22F3NO3S. The number of Topliss-reactive ketones (excluding diaryl/α,β-unsaturated/α-hetero) is 2. The molecule has 0 aliphatic carbocycles. The first-order chi connectivity index (χ1) is 16.1. The van der Waals surface area contributed by atoms with Crippen molar-refractivity contribution in [2.24, 2.45) is 11.8 Å². The van der Waals surface area contributed by atoms with Crippen molar-refractivity contribution in [3.05, 3.63) is 76.5 Å². The number of halogens is 3. The van der Waals surface area contributed by atoms with E-state index in [1.54, 1.807) is 38.1 Å². The summed E-state index contributed by atoms with van der Waals surface area (Å²) in [6.45, 7) is 3.55. The fourth-order valence-electron chi connectivity index (χ4n) is 4.37. The zero-order valence-electron chi connectivity index (χ0n) is 18.5. The van der Waals surface area contributed by atoms with Gasteiger partial charge in [0.15, 0.2) is 0 Å². The number of alkyl halides is 3. The van der Waals surface area contributed by atoms with Crippen LogP contribution in [0.3, 0.4) is 0 Å². The van der Waals surface area contributed by atoms with Crippen molar-refractivity contribution >= 4 is 34.5 Å². The molecule has 34 heavy (non-hydrogen) atoms. The number of nitrogens with zero attached hydrogens (tertiary/aromatic N) is 1. The third-order valence-electron chi connectivity index (χ3n) is 5.85. The predicted octanol–water partition coefficient (Wildman–Crippen LogP) is 6.32. The maximum absolute atomic E-state index is 13.9. The Bertz CT molecular complexity index is 1220. The smallest absolute Gasteiger partial charge is 0.299 e. The number of hydrogen-bond acceptors (Lipinski definition) is 4. The van der Waals surface area contributed by atoms with Crippen molar-refractivity contribution in [3.63, 3.8) is 0 Å². The Morgan fingerprint density at radius 2 is 1.68 bits per heavy atom. The van der Waals surface area contributed by atoms with Crippen LogP contribution in [0.1, 0.15) is 37.4 Å². The molecule has 4 rings (SSSR count). The average molecular weight is 486 g/mol. The molecule has 4 nitrogen and oxygen atoms in total. The summed E-state index contributed by atoms with van der Waals surface area (Å²) in [5.74, 6) is -4.11. The third kappa shape index (κ3) is 4.42. The first-order valence-corrected chi connectivity index (χ1v) is 11.7. The van der Waals surface area contributed by atoms with Crippen LogP contribution in [-0.4, -0.2) is 17.5 Å². The standard InChI is InChI=1S/C26H22F3NO3S/c1-15(2)13-21(31)22-23(19-5-3-4-6-20(19)26(27,28)29)30(25(33)24(22)32)18-9-7-16(8-10-18)17-11-12-34-14-17/h3-12,14-15,22-23H,13H2,1-2H3. The van der Waals surface area contributed by atoms with E-state index in [0.29, 0.717) is 0 Å². The summed E-state index contributed by atoms with van der Waals surface area (Å²) < 4.78 is 41.7. The number of carbonyl (C=O) groups excluding carboxylic acids is 3. The molecule has 0 spiro atoms. The lowest BCUT2D eigenvalue weighted by Gasteiger charge is -2.29. The second-order valence-corrected chi connectivity index (χ2v) is 9.45. The van der Waals surface area contributed by atoms with Crippen molar-refractivity contribution in [2.45, 2.75) is 32.5 Å². The average Bonchev–Trinajstić information content (AvgIpc) is 3.40. The highest BCUT2D eigenvalue weighted by Gasteiger charge is 2.53. The Hall–Kier alpha value is -3.26. The van der Waals surface area contributed by atoms with E-state index in [1.165, 1.54) is 29.5 Å². The molecule has 0 saturated carbocycles. The summed E-state index contributed by atoms with van der Waals surface area (Å²) in [6, 6.07) is 12.0. The van der Waals surface area contributed by atoms with Gasteiger partial charge in [-0.1, -0.05) is 44.2 Å². The SMILES string of the molecule is CC(C)CC(=O)C1C(=O)C(=O)N(c2ccc(-c3ccsc3)cc2)C1c1ccccc1C(F)(F)F. The highest BCUT2D eigenvalue weighted by atomic mass is 32.1. The Morgan fingerprint density at radius 3 is 2.26 bits per heavy atom. The second kappa shape index (κ2) is 9.18. The van der Waals surface area contributed by atoms with Gasteiger partial charge in [-0.05, 0) is 57.6 Å². The van der Waals surface area contributed by atoms with Crippen molar-refractivity contribution in [1.29, 1.82) is 0 Å². The molecule has 1 saturated heterocycles. The van der Waals surface area contributed by atoms with E-state index in [0.717, 1.165) is 22.1 Å². The van der Waals surface area contributed by atoms with Gasteiger partial charge in [-0.15, -0.1) is 0 Å². The Labute approximate surface area is 199 Å². The van der Waals surface area contributed by atoms with E-state index in [9.17, 15) is 27.6 Å². The summed E-state index contributed by atoms with van der Waals surface area (Å²) in [4.78, 5) is 40.2. The number of anilines is 1. The largest absolute Gasteiger partial charge is 0.416 e. The van der Waals surface area contributed by atoms with Crippen LogP contribution >= 0.6 is 11.3 Å². The zero-order chi connectivity index (χ0) is 24.6. The van der Waals surface area contributed by atoms with Crippen LogP contribution in [-0.2, 0) is 20.6 Å². The van der Waals surface area contributed by atoms with Gasteiger partial charge in [0.25, 0.3) is 5.91 Å². The molecule has 1 amide bonds. The van der Waals surface area contributed by atoms with Crippen molar-refractivity contribution < 1.29 is 27.6 Å². The quantitative estimate of drug-likeness (QED) is 0.303. The maximum Gasteiger partial charge on any atom is 0.416 e. The minimum Gasteiger partial charge on any atom is -0.299 e. The fraction of sp³-hybridized carbons (Fsp3) is 0.269. The molecule has 0 radical (unpaired) electrons. The van der Waals surface area contributed by atoms with Crippen LogP contribution in [0.15, 0.2) is 65.4 Å². The minimum absolute atomic E-state index is 0.0146. The molecule has 176 valence electrons. The Kier molecular flexibility index (Phi) is 6.45. The number of rotatable bonds is 6. The summed E-state index contributed by atoms with van der Waals surface area (Å²) in [7, 11) is 0. The zero-order valence-corrected chi connectivity index (χ0v) is 19.3. The van der Waals surface area contributed by atoms with E-state index in [4.69, 9.17) is 0 Å². The minimum atomic E-state index is -4.72. The van der Waals surface area contributed by atoms with Crippen LogP contribution in [0.2, 0.25) is 0 Å². The van der Waals surface area contributed by atoms with Gasteiger partial charge < -0.3 is 0 Å². The van der Waals surface area contributed by atoms with Gasteiger partial charge in [0.1, 0.15) is 11.7 Å². The topological polar surface area (TPSA) is 54.5 Å². The molecule has 1 aliphatic heterocycles. The molecule has 1 fully saturated rings. The molecule has 1 aliphatic rings. The van der Waals surface area contributed by atoms with Gasteiger partial charge in [0.2, 0.25) is 5.78 Å². The Balaban J connectivity index is 1.85. The van der Waals surface area contributed by atoms with Crippen LogP contribution in [0, 0.1) is 11.8 Å². The van der Waals surface area contributed by atoms with Gasteiger partial charge in [-0.2, -0.15) is 24.5 Å². The summed E-state index contributed by atoms with van der Waals surface area (Å²) in [5.41, 5.74) is 0.856. The normalized spacial score (nSPS) is 18.7.